The molecule has 0 radical (unpaired) electrons. The summed E-state index contributed by atoms with van der Waals surface area (Å²) in [5, 5.41) is 15.5. The molecule has 2 unspecified atom stereocenters. The van der Waals surface area contributed by atoms with Crippen LogP contribution in [0, 0.1) is 25.7 Å². The van der Waals surface area contributed by atoms with E-state index in [4.69, 9.17) is 0 Å². The first-order chi connectivity index (χ1) is 15.7. The van der Waals surface area contributed by atoms with Gasteiger partial charge in [-0.2, -0.15) is 0 Å². The molecule has 1 aromatic carbocycles. The summed E-state index contributed by atoms with van der Waals surface area (Å²) < 4.78 is -0.990. The third kappa shape index (κ3) is 3.85. The smallest absolute Gasteiger partial charge is 0.248 e. The number of likely N-dealkylation sites (tertiary alicyclic amines) is 1. The number of aliphatic hydroxyl groups excluding tert-OH is 1. The van der Waals surface area contributed by atoms with E-state index in [-0.39, 0.29) is 29.1 Å². The standard InChI is InChI=1S/C25H35N3O4S/c1-5-11-26-21(30)18-19-23(32)28(12-6-13-29)20(25(19)10-9-24(18,4)33-25)22(31)27-17-14-15(2)7-8-16(17)3/h7-8,14,18-20,29H,5-6,9-13H2,1-4H3,(H,26,30)(H,27,31)/t18-,19-,20?,24+,25?/m0/s1. The van der Waals surface area contributed by atoms with Gasteiger partial charge in [0, 0.05) is 30.1 Å². The highest BCUT2D eigenvalue weighted by atomic mass is 32.2. The van der Waals surface area contributed by atoms with Gasteiger partial charge in [-0.05, 0) is 63.6 Å². The molecular formula is C25H35N3O4S. The van der Waals surface area contributed by atoms with Crippen molar-refractivity contribution in [3.63, 3.8) is 0 Å². The lowest BCUT2D eigenvalue weighted by Gasteiger charge is -2.35. The molecule has 0 aromatic heterocycles. The molecule has 3 aliphatic rings. The van der Waals surface area contributed by atoms with Crippen molar-refractivity contribution in [3.8, 4) is 0 Å². The number of aliphatic hydroxyl groups is 1. The lowest BCUT2D eigenvalue weighted by atomic mass is 9.66. The summed E-state index contributed by atoms with van der Waals surface area (Å²) in [6, 6.07) is 5.25. The van der Waals surface area contributed by atoms with Crippen molar-refractivity contribution in [2.45, 2.75) is 68.9 Å². The highest BCUT2D eigenvalue weighted by Gasteiger charge is 2.76. The van der Waals surface area contributed by atoms with Gasteiger partial charge < -0.3 is 20.6 Å². The van der Waals surface area contributed by atoms with E-state index in [1.54, 1.807) is 16.7 Å². The van der Waals surface area contributed by atoms with Crippen LogP contribution in [0.1, 0.15) is 50.7 Å². The molecule has 0 saturated carbocycles. The molecule has 8 heteroatoms. The van der Waals surface area contributed by atoms with Crippen LogP contribution in [0.2, 0.25) is 0 Å². The van der Waals surface area contributed by atoms with E-state index < -0.39 is 22.6 Å². The molecule has 180 valence electrons. The number of carbonyl (C=O) groups excluding carboxylic acids is 3. The average Bonchev–Trinajstić information content (AvgIpc) is 3.33. The molecule has 3 amide bonds. The summed E-state index contributed by atoms with van der Waals surface area (Å²) in [5.41, 5.74) is 2.75. The molecule has 1 spiro atoms. The van der Waals surface area contributed by atoms with Crippen LogP contribution in [0.15, 0.2) is 18.2 Å². The second-order valence-corrected chi connectivity index (χ2v) is 11.8. The van der Waals surface area contributed by atoms with Crippen molar-refractivity contribution >= 4 is 35.2 Å². The number of nitrogens with one attached hydrogen (secondary N) is 2. The summed E-state index contributed by atoms with van der Waals surface area (Å²) in [7, 11) is 0. The van der Waals surface area contributed by atoms with Gasteiger partial charge >= 0.3 is 0 Å². The molecule has 2 bridgehead atoms. The van der Waals surface area contributed by atoms with Gasteiger partial charge in [-0.15, -0.1) is 11.8 Å². The van der Waals surface area contributed by atoms with Gasteiger partial charge in [-0.1, -0.05) is 19.1 Å². The first-order valence-electron chi connectivity index (χ1n) is 12.0. The fourth-order valence-corrected chi connectivity index (χ4v) is 8.39. The van der Waals surface area contributed by atoms with E-state index in [1.165, 1.54) is 0 Å². The number of benzene rings is 1. The highest BCUT2D eigenvalue weighted by molar-refractivity contribution is 8.02. The maximum atomic E-state index is 13.8. The van der Waals surface area contributed by atoms with Gasteiger partial charge in [-0.3, -0.25) is 14.4 Å². The number of nitrogens with zero attached hydrogens (tertiary/aromatic N) is 1. The first-order valence-corrected chi connectivity index (χ1v) is 12.8. The van der Waals surface area contributed by atoms with Gasteiger partial charge in [-0.25, -0.2) is 0 Å². The van der Waals surface area contributed by atoms with E-state index >= 15 is 0 Å². The predicted octanol–water partition coefficient (Wildman–Crippen LogP) is 2.63. The number of amides is 3. The zero-order valence-corrected chi connectivity index (χ0v) is 20.8. The lowest BCUT2D eigenvalue weighted by molar-refractivity contribution is -0.140. The second kappa shape index (κ2) is 8.95. The van der Waals surface area contributed by atoms with Gasteiger partial charge in [0.1, 0.15) is 6.04 Å². The zero-order chi connectivity index (χ0) is 24.0. The van der Waals surface area contributed by atoms with Crippen molar-refractivity contribution in [1.82, 2.24) is 10.2 Å². The SMILES string of the molecule is CCCNC(=O)[C@@H]1[C@H]2C(=O)N(CCCO)C(C(=O)Nc3cc(C)ccc3C)C23CC[C@@]1(C)S3. The van der Waals surface area contributed by atoms with Crippen LogP contribution in [0.25, 0.3) is 0 Å². The summed E-state index contributed by atoms with van der Waals surface area (Å²) in [6.07, 6.45) is 2.75. The Hall–Kier alpha value is -2.06. The van der Waals surface area contributed by atoms with Crippen LogP contribution in [-0.2, 0) is 14.4 Å². The summed E-state index contributed by atoms with van der Waals surface area (Å²) in [4.78, 5) is 42.4. The molecule has 3 fully saturated rings. The van der Waals surface area contributed by atoms with E-state index in [2.05, 4.69) is 17.6 Å². The van der Waals surface area contributed by atoms with Crippen molar-refractivity contribution < 1.29 is 19.5 Å². The predicted molar refractivity (Wildman–Crippen MR) is 130 cm³/mol. The van der Waals surface area contributed by atoms with Gasteiger partial charge in [0.05, 0.1) is 16.6 Å². The maximum Gasteiger partial charge on any atom is 0.248 e. The fraction of sp³-hybridized carbons (Fsp3) is 0.640. The molecule has 3 aliphatic heterocycles. The monoisotopic (exact) mass is 473 g/mol. The summed E-state index contributed by atoms with van der Waals surface area (Å²) >= 11 is 1.67. The third-order valence-electron chi connectivity index (χ3n) is 7.56. The van der Waals surface area contributed by atoms with Crippen LogP contribution < -0.4 is 10.6 Å². The second-order valence-electron chi connectivity index (χ2n) is 9.94. The number of rotatable bonds is 8. The summed E-state index contributed by atoms with van der Waals surface area (Å²) in [5.74, 6) is -1.39. The van der Waals surface area contributed by atoms with Gasteiger partial charge in [0.25, 0.3) is 0 Å². The van der Waals surface area contributed by atoms with Crippen LogP contribution in [-0.4, -0.2) is 63.0 Å². The van der Waals surface area contributed by atoms with Crippen molar-refractivity contribution in [3.05, 3.63) is 29.3 Å². The molecule has 3 saturated heterocycles. The van der Waals surface area contributed by atoms with Crippen molar-refractivity contribution in [1.29, 1.82) is 0 Å². The quantitative estimate of drug-likeness (QED) is 0.539. The maximum absolute atomic E-state index is 13.8. The van der Waals surface area contributed by atoms with E-state index in [0.29, 0.717) is 19.5 Å². The molecule has 4 rings (SSSR count). The average molecular weight is 474 g/mol. The Bertz CT molecular complexity index is 969. The lowest BCUT2D eigenvalue weighted by Crippen LogP contribution is -2.52. The first kappa shape index (κ1) is 24.1. The number of thioether (sulfide) groups is 1. The Morgan fingerprint density at radius 3 is 2.70 bits per heavy atom. The Morgan fingerprint density at radius 2 is 2.00 bits per heavy atom. The van der Waals surface area contributed by atoms with Crippen LogP contribution in [0.5, 0.6) is 0 Å². The minimum Gasteiger partial charge on any atom is -0.396 e. The van der Waals surface area contributed by atoms with E-state index in [9.17, 15) is 19.5 Å². The summed E-state index contributed by atoms with van der Waals surface area (Å²) in [6.45, 7) is 8.83. The number of hydrogen-bond acceptors (Lipinski definition) is 5. The normalized spacial score (nSPS) is 32.2. The van der Waals surface area contributed by atoms with Crippen LogP contribution in [0.3, 0.4) is 0 Å². The minimum atomic E-state index is -0.669. The Balaban J connectivity index is 1.71. The van der Waals surface area contributed by atoms with E-state index in [1.807, 2.05) is 39.0 Å². The Labute approximate surface area is 200 Å². The van der Waals surface area contributed by atoms with Crippen molar-refractivity contribution in [2.75, 3.05) is 25.0 Å². The van der Waals surface area contributed by atoms with Crippen LogP contribution in [0.4, 0.5) is 5.69 Å². The zero-order valence-electron chi connectivity index (χ0n) is 19.9. The largest absolute Gasteiger partial charge is 0.396 e. The fourth-order valence-electron chi connectivity index (χ4n) is 6.04. The van der Waals surface area contributed by atoms with Gasteiger partial charge in [0.15, 0.2) is 0 Å². The van der Waals surface area contributed by atoms with Crippen molar-refractivity contribution in [2.24, 2.45) is 11.8 Å². The Morgan fingerprint density at radius 1 is 1.24 bits per heavy atom. The van der Waals surface area contributed by atoms with Gasteiger partial charge in [0.2, 0.25) is 17.7 Å². The minimum absolute atomic E-state index is 0.0575. The molecule has 5 atom stereocenters. The highest BCUT2D eigenvalue weighted by Crippen LogP contribution is 2.71. The molecule has 7 nitrogen and oxygen atoms in total. The third-order valence-corrected chi connectivity index (χ3v) is 9.55. The number of anilines is 1. The molecule has 1 aromatic rings. The number of carbonyl (C=O) groups is 3. The number of hydrogen-bond donors (Lipinski definition) is 3. The topological polar surface area (TPSA) is 98.7 Å². The number of fused-ring (bicyclic) bond motifs is 1. The molecule has 3 N–H and O–H groups in total. The Kier molecular flexibility index (Phi) is 6.53. The molecule has 3 heterocycles. The van der Waals surface area contributed by atoms with E-state index in [0.717, 1.165) is 36.1 Å². The molecule has 33 heavy (non-hydrogen) atoms. The molecule has 0 aliphatic carbocycles. The number of aryl methyl sites for hydroxylation is 2. The van der Waals surface area contributed by atoms with Crippen LogP contribution >= 0.6 is 11.8 Å². The molecular weight excluding hydrogens is 438 g/mol.